The maximum atomic E-state index is 12.0. The summed E-state index contributed by atoms with van der Waals surface area (Å²) >= 11 is 0. The molecule has 0 saturated heterocycles. The smallest absolute Gasteiger partial charge is 0.270 e. The summed E-state index contributed by atoms with van der Waals surface area (Å²) in [7, 11) is 3.51. The monoisotopic (exact) mass is 267 g/mol. The summed E-state index contributed by atoms with van der Waals surface area (Å²) in [6.45, 7) is 0.306. The lowest BCUT2D eigenvalue weighted by atomic mass is 10.1. The summed E-state index contributed by atoms with van der Waals surface area (Å²) in [4.78, 5) is 23.9. The molecule has 0 aliphatic rings. The minimum atomic E-state index is -0.538. The molecule has 0 radical (unpaired) electrons. The van der Waals surface area contributed by atoms with Crippen LogP contribution in [0.1, 0.15) is 16.8 Å². The van der Waals surface area contributed by atoms with Crippen molar-refractivity contribution in [3.8, 4) is 0 Å². The van der Waals surface area contributed by atoms with Crippen molar-refractivity contribution in [3.05, 3.63) is 33.9 Å². The van der Waals surface area contributed by atoms with Crippen molar-refractivity contribution in [3.63, 3.8) is 0 Å². The molecule has 0 spiro atoms. The Bertz CT molecular complexity index is 474. The lowest BCUT2D eigenvalue weighted by molar-refractivity contribution is -0.384. The maximum Gasteiger partial charge on any atom is 0.270 e. The number of carbonyl (C=O) groups is 1. The third-order valence-electron chi connectivity index (χ3n) is 2.54. The van der Waals surface area contributed by atoms with E-state index in [9.17, 15) is 14.9 Å². The molecule has 104 valence electrons. The standard InChI is InChI=1S/C12H17N3O4/c1-14(2)11-5-4-9(15(18)19)8-10(11)12(17)13-6-3-7-16/h4-5,8,16H,3,6-7H2,1-2H3,(H,13,17). The Morgan fingerprint density at radius 3 is 2.68 bits per heavy atom. The molecular weight excluding hydrogens is 250 g/mol. The van der Waals surface area contributed by atoms with E-state index < -0.39 is 4.92 Å². The number of carbonyl (C=O) groups excluding carboxylic acids is 1. The van der Waals surface area contributed by atoms with Gasteiger partial charge in [0.25, 0.3) is 11.6 Å². The summed E-state index contributed by atoms with van der Waals surface area (Å²) in [5.41, 5.74) is 0.724. The molecule has 7 nitrogen and oxygen atoms in total. The number of hydrogen-bond acceptors (Lipinski definition) is 5. The Morgan fingerprint density at radius 1 is 1.47 bits per heavy atom. The van der Waals surface area contributed by atoms with Gasteiger partial charge < -0.3 is 15.3 Å². The topological polar surface area (TPSA) is 95.7 Å². The summed E-state index contributed by atoms with van der Waals surface area (Å²) in [6.07, 6.45) is 0.442. The number of nitrogens with one attached hydrogen (secondary N) is 1. The predicted octanol–water partition coefficient (Wildman–Crippen LogP) is 0.773. The van der Waals surface area contributed by atoms with Gasteiger partial charge in [-0.25, -0.2) is 0 Å². The van der Waals surface area contributed by atoms with Crippen LogP contribution in [0.4, 0.5) is 11.4 Å². The number of nitrogens with zero attached hydrogens (tertiary/aromatic N) is 2. The van der Waals surface area contributed by atoms with E-state index in [1.54, 1.807) is 25.1 Å². The van der Waals surface area contributed by atoms with E-state index in [1.165, 1.54) is 12.1 Å². The van der Waals surface area contributed by atoms with Gasteiger partial charge in [0.05, 0.1) is 10.5 Å². The van der Waals surface area contributed by atoms with E-state index in [1.807, 2.05) is 0 Å². The van der Waals surface area contributed by atoms with Crippen molar-refractivity contribution < 1.29 is 14.8 Å². The van der Waals surface area contributed by atoms with Crippen LogP contribution in [0.3, 0.4) is 0 Å². The van der Waals surface area contributed by atoms with Gasteiger partial charge in [-0.1, -0.05) is 0 Å². The van der Waals surface area contributed by atoms with Crippen LogP contribution >= 0.6 is 0 Å². The van der Waals surface area contributed by atoms with Gasteiger partial charge in [-0.15, -0.1) is 0 Å². The summed E-state index contributed by atoms with van der Waals surface area (Å²) < 4.78 is 0. The van der Waals surface area contributed by atoms with Crippen molar-refractivity contribution in [2.24, 2.45) is 0 Å². The number of hydrogen-bond donors (Lipinski definition) is 2. The van der Waals surface area contributed by atoms with Gasteiger partial charge >= 0.3 is 0 Å². The fourth-order valence-corrected chi connectivity index (χ4v) is 1.59. The number of nitro benzene ring substituents is 1. The minimum Gasteiger partial charge on any atom is -0.396 e. The first-order valence-electron chi connectivity index (χ1n) is 5.82. The summed E-state index contributed by atoms with van der Waals surface area (Å²) in [6, 6.07) is 4.16. The fraction of sp³-hybridized carbons (Fsp3) is 0.417. The van der Waals surface area contributed by atoms with Gasteiger partial charge in [0.1, 0.15) is 0 Å². The molecule has 0 saturated carbocycles. The third kappa shape index (κ3) is 3.92. The summed E-state index contributed by atoms with van der Waals surface area (Å²) in [5, 5.41) is 22.0. The van der Waals surface area contributed by atoms with Crippen LogP contribution in [0, 0.1) is 10.1 Å². The van der Waals surface area contributed by atoms with Crippen LogP contribution in [0.2, 0.25) is 0 Å². The van der Waals surface area contributed by atoms with Crippen LogP contribution < -0.4 is 10.2 Å². The van der Waals surface area contributed by atoms with Gasteiger partial charge in [0, 0.05) is 45.1 Å². The first-order chi connectivity index (χ1) is 8.97. The number of aliphatic hydroxyl groups is 1. The Labute approximate surface area is 111 Å². The molecule has 1 aromatic rings. The van der Waals surface area contributed by atoms with Gasteiger partial charge in [0.15, 0.2) is 0 Å². The van der Waals surface area contributed by atoms with Crippen molar-refractivity contribution in [1.82, 2.24) is 5.32 Å². The van der Waals surface area contributed by atoms with Crippen molar-refractivity contribution >= 4 is 17.3 Å². The van der Waals surface area contributed by atoms with E-state index in [-0.39, 0.29) is 23.8 Å². The fourth-order valence-electron chi connectivity index (χ4n) is 1.59. The highest BCUT2D eigenvalue weighted by Gasteiger charge is 2.17. The Morgan fingerprint density at radius 2 is 2.16 bits per heavy atom. The van der Waals surface area contributed by atoms with Crippen molar-refractivity contribution in [2.45, 2.75) is 6.42 Å². The highest BCUT2D eigenvalue weighted by atomic mass is 16.6. The zero-order valence-corrected chi connectivity index (χ0v) is 10.9. The molecule has 0 aliphatic heterocycles. The first-order valence-corrected chi connectivity index (χ1v) is 5.82. The molecule has 7 heteroatoms. The number of anilines is 1. The number of nitro groups is 1. The molecule has 0 fully saturated rings. The first kappa shape index (κ1) is 14.9. The Hall–Kier alpha value is -2.15. The van der Waals surface area contributed by atoms with Crippen molar-refractivity contribution in [2.75, 3.05) is 32.1 Å². The average Bonchev–Trinajstić information content (AvgIpc) is 2.37. The van der Waals surface area contributed by atoms with Crippen LogP contribution in [0.15, 0.2) is 18.2 Å². The molecule has 1 amide bonds. The normalized spacial score (nSPS) is 10.1. The molecule has 19 heavy (non-hydrogen) atoms. The lowest BCUT2D eigenvalue weighted by Gasteiger charge is -2.16. The zero-order valence-electron chi connectivity index (χ0n) is 10.9. The number of aliphatic hydroxyl groups excluding tert-OH is 1. The number of rotatable bonds is 6. The van der Waals surface area contributed by atoms with Gasteiger partial charge in [-0.2, -0.15) is 0 Å². The molecular formula is C12H17N3O4. The molecule has 0 atom stereocenters. The molecule has 1 rings (SSSR count). The maximum absolute atomic E-state index is 12.0. The molecule has 0 aliphatic carbocycles. The molecule has 0 bridgehead atoms. The molecule has 1 aromatic carbocycles. The SMILES string of the molecule is CN(C)c1ccc([N+](=O)[O-])cc1C(=O)NCCCO. The Balaban J connectivity index is 3.03. The minimum absolute atomic E-state index is 0.0181. The van der Waals surface area contributed by atoms with E-state index in [0.29, 0.717) is 18.7 Å². The van der Waals surface area contributed by atoms with Gasteiger partial charge in [-0.3, -0.25) is 14.9 Å². The average molecular weight is 267 g/mol. The van der Waals surface area contributed by atoms with E-state index >= 15 is 0 Å². The summed E-state index contributed by atoms with van der Waals surface area (Å²) in [5.74, 6) is -0.388. The number of amides is 1. The number of non-ortho nitro benzene ring substituents is 1. The third-order valence-corrected chi connectivity index (χ3v) is 2.54. The molecule has 0 aromatic heterocycles. The second kappa shape index (κ2) is 6.69. The van der Waals surface area contributed by atoms with Crippen molar-refractivity contribution in [1.29, 1.82) is 0 Å². The van der Waals surface area contributed by atoms with Crippen LogP contribution in [-0.2, 0) is 0 Å². The van der Waals surface area contributed by atoms with Crippen LogP contribution in [-0.4, -0.2) is 43.2 Å². The lowest BCUT2D eigenvalue weighted by Crippen LogP contribution is -2.27. The number of benzene rings is 1. The molecule has 2 N–H and O–H groups in total. The highest BCUT2D eigenvalue weighted by molar-refractivity contribution is 6.00. The van der Waals surface area contributed by atoms with Gasteiger partial charge in [0.2, 0.25) is 0 Å². The Kier molecular flexibility index (Phi) is 5.25. The van der Waals surface area contributed by atoms with Crippen LogP contribution in [0.5, 0.6) is 0 Å². The molecule has 0 heterocycles. The zero-order chi connectivity index (χ0) is 14.4. The van der Waals surface area contributed by atoms with Gasteiger partial charge in [-0.05, 0) is 12.5 Å². The van der Waals surface area contributed by atoms with E-state index in [2.05, 4.69) is 5.32 Å². The predicted molar refractivity (Wildman–Crippen MR) is 71.5 cm³/mol. The largest absolute Gasteiger partial charge is 0.396 e. The quantitative estimate of drug-likeness (QED) is 0.451. The van der Waals surface area contributed by atoms with Crippen LogP contribution in [0.25, 0.3) is 0 Å². The van der Waals surface area contributed by atoms with E-state index in [0.717, 1.165) is 0 Å². The second-order valence-electron chi connectivity index (χ2n) is 4.19. The molecule has 0 unspecified atom stereocenters. The second-order valence-corrected chi connectivity index (χ2v) is 4.19. The highest BCUT2D eigenvalue weighted by Crippen LogP contribution is 2.24. The van der Waals surface area contributed by atoms with E-state index in [4.69, 9.17) is 5.11 Å².